The molecule has 0 N–H and O–H groups in total. The predicted octanol–water partition coefficient (Wildman–Crippen LogP) is 0.515. The quantitative estimate of drug-likeness (QED) is 0.473. The molecule has 1 aliphatic rings. The van der Waals surface area contributed by atoms with Crippen LogP contribution >= 0.6 is 0 Å². The Morgan fingerprint density at radius 1 is 1.56 bits per heavy atom. The summed E-state index contributed by atoms with van der Waals surface area (Å²) in [6.07, 6.45) is 1.49. The minimum absolute atomic E-state index is 0.108. The molecule has 0 aromatic carbocycles. The summed E-state index contributed by atoms with van der Waals surface area (Å²) in [5.74, 6) is 0.192. The zero-order valence-corrected chi connectivity index (χ0v) is 6.15. The first-order chi connectivity index (χ1) is 4.10. The van der Waals surface area contributed by atoms with E-state index < -0.39 is 10.1 Å². The van der Waals surface area contributed by atoms with Gasteiger partial charge in [0, 0.05) is 0 Å². The van der Waals surface area contributed by atoms with E-state index in [0.717, 1.165) is 12.8 Å². The molecule has 1 fully saturated rings. The molecule has 9 heavy (non-hydrogen) atoms. The van der Waals surface area contributed by atoms with Crippen LogP contribution < -0.4 is 0 Å². The number of hydrogen-bond donors (Lipinski definition) is 0. The Balaban J connectivity index is 2.62. The minimum Gasteiger partial charge on any atom is -0.267 e. The van der Waals surface area contributed by atoms with Crippen LogP contribution in [0.5, 0.6) is 0 Å². The van der Waals surface area contributed by atoms with E-state index >= 15 is 0 Å². The smallest absolute Gasteiger partial charge is 0.267 e. The van der Waals surface area contributed by atoms with Crippen LogP contribution in [0.3, 0.4) is 0 Å². The van der Waals surface area contributed by atoms with Crippen molar-refractivity contribution in [1.82, 2.24) is 0 Å². The highest BCUT2D eigenvalue weighted by molar-refractivity contribution is 7.86. The van der Waals surface area contributed by atoms with E-state index in [1.54, 1.807) is 6.92 Å². The molecule has 0 radical (unpaired) electrons. The van der Waals surface area contributed by atoms with Gasteiger partial charge >= 0.3 is 0 Å². The van der Waals surface area contributed by atoms with Crippen molar-refractivity contribution in [3.05, 3.63) is 0 Å². The highest BCUT2D eigenvalue weighted by Gasteiger charge is 2.21. The van der Waals surface area contributed by atoms with E-state index in [4.69, 9.17) is 0 Å². The predicted molar refractivity (Wildman–Crippen MR) is 33.6 cm³/mol. The lowest BCUT2D eigenvalue weighted by Crippen LogP contribution is -2.24. The monoisotopic (exact) mass is 150 g/mol. The average molecular weight is 150 g/mol. The SMILES string of the molecule is CC1CCCS(=O)(=O)O1. The first-order valence-electron chi connectivity index (χ1n) is 3.01. The van der Waals surface area contributed by atoms with Crippen molar-refractivity contribution >= 4 is 10.1 Å². The third kappa shape index (κ3) is 1.95. The van der Waals surface area contributed by atoms with Crippen LogP contribution in [0.15, 0.2) is 0 Å². The van der Waals surface area contributed by atoms with Crippen LogP contribution in [0, 0.1) is 0 Å². The highest BCUT2D eigenvalue weighted by atomic mass is 32.2. The molecule has 0 bridgehead atoms. The second kappa shape index (κ2) is 2.27. The summed E-state index contributed by atoms with van der Waals surface area (Å²) >= 11 is 0. The third-order valence-corrected chi connectivity index (χ3v) is 2.73. The standard InChI is InChI=1S/C5H10O3S/c1-5-3-2-4-9(6,7)8-5/h5H,2-4H2,1H3. The topological polar surface area (TPSA) is 43.4 Å². The molecular weight excluding hydrogens is 140 g/mol. The fourth-order valence-corrected chi connectivity index (χ4v) is 2.11. The molecule has 1 aliphatic heterocycles. The van der Waals surface area contributed by atoms with Gasteiger partial charge in [-0.25, -0.2) is 0 Å². The minimum atomic E-state index is -3.13. The fraction of sp³-hybridized carbons (Fsp3) is 1.00. The fourth-order valence-electron chi connectivity index (χ4n) is 0.894. The van der Waals surface area contributed by atoms with E-state index in [1.807, 2.05) is 0 Å². The summed E-state index contributed by atoms with van der Waals surface area (Å²) in [5, 5.41) is 0. The first kappa shape index (κ1) is 7.02. The maximum Gasteiger partial charge on any atom is 0.267 e. The van der Waals surface area contributed by atoms with Crippen molar-refractivity contribution in [1.29, 1.82) is 0 Å². The molecule has 1 heterocycles. The maximum atomic E-state index is 10.6. The summed E-state index contributed by atoms with van der Waals surface area (Å²) in [6, 6.07) is 0. The Labute approximate surface area is 55.1 Å². The van der Waals surface area contributed by atoms with Gasteiger partial charge in [0.1, 0.15) is 0 Å². The van der Waals surface area contributed by atoms with Crippen molar-refractivity contribution in [3.63, 3.8) is 0 Å². The first-order valence-corrected chi connectivity index (χ1v) is 4.59. The van der Waals surface area contributed by atoms with E-state index in [9.17, 15) is 8.42 Å². The molecule has 54 valence electrons. The molecule has 0 aromatic heterocycles. The second-order valence-electron chi connectivity index (χ2n) is 2.31. The third-order valence-electron chi connectivity index (χ3n) is 1.32. The van der Waals surface area contributed by atoms with Gasteiger partial charge in [0.25, 0.3) is 10.1 Å². The van der Waals surface area contributed by atoms with Gasteiger partial charge in [-0.05, 0) is 19.8 Å². The van der Waals surface area contributed by atoms with Gasteiger partial charge in [-0.15, -0.1) is 0 Å². The van der Waals surface area contributed by atoms with Crippen molar-refractivity contribution in [2.75, 3.05) is 5.75 Å². The molecule has 0 aromatic rings. The molecule has 0 spiro atoms. The van der Waals surface area contributed by atoms with Crippen LogP contribution in [0.4, 0.5) is 0 Å². The zero-order chi connectivity index (χ0) is 6.91. The molecule has 1 saturated heterocycles. The lowest BCUT2D eigenvalue weighted by Gasteiger charge is -2.17. The number of rotatable bonds is 0. The molecular formula is C5H10O3S. The van der Waals surface area contributed by atoms with Gasteiger partial charge in [0.05, 0.1) is 11.9 Å². The summed E-state index contributed by atoms with van der Waals surface area (Å²) in [5.41, 5.74) is 0. The van der Waals surface area contributed by atoms with Crippen LogP contribution in [-0.4, -0.2) is 20.3 Å². The molecule has 0 aliphatic carbocycles. The largest absolute Gasteiger partial charge is 0.267 e. The van der Waals surface area contributed by atoms with E-state index in [-0.39, 0.29) is 11.9 Å². The summed E-state index contributed by atoms with van der Waals surface area (Å²) in [7, 11) is -3.13. The van der Waals surface area contributed by atoms with Crippen molar-refractivity contribution in [2.24, 2.45) is 0 Å². The molecule has 1 rings (SSSR count). The molecule has 4 heteroatoms. The summed E-state index contributed by atoms with van der Waals surface area (Å²) in [4.78, 5) is 0. The van der Waals surface area contributed by atoms with Gasteiger partial charge < -0.3 is 0 Å². The van der Waals surface area contributed by atoms with Crippen molar-refractivity contribution < 1.29 is 12.6 Å². The van der Waals surface area contributed by atoms with E-state index in [0.29, 0.717) is 0 Å². The van der Waals surface area contributed by atoms with Gasteiger partial charge in [-0.2, -0.15) is 8.42 Å². The molecule has 1 unspecified atom stereocenters. The lowest BCUT2D eigenvalue weighted by atomic mass is 10.2. The zero-order valence-electron chi connectivity index (χ0n) is 5.33. The maximum absolute atomic E-state index is 10.6. The van der Waals surface area contributed by atoms with E-state index in [1.165, 1.54) is 0 Å². The Morgan fingerprint density at radius 2 is 2.22 bits per heavy atom. The second-order valence-corrected chi connectivity index (χ2v) is 4.03. The normalized spacial score (nSPS) is 34.1. The summed E-state index contributed by atoms with van der Waals surface area (Å²) < 4.78 is 25.9. The molecule has 1 atom stereocenters. The molecule has 0 saturated carbocycles. The molecule has 0 amide bonds. The van der Waals surface area contributed by atoms with Gasteiger partial charge in [-0.1, -0.05) is 0 Å². The van der Waals surface area contributed by atoms with Gasteiger partial charge in [0.15, 0.2) is 0 Å². The Hall–Kier alpha value is -0.0900. The van der Waals surface area contributed by atoms with E-state index in [2.05, 4.69) is 4.18 Å². The Morgan fingerprint density at radius 3 is 2.56 bits per heavy atom. The number of hydrogen-bond acceptors (Lipinski definition) is 3. The Kier molecular flexibility index (Phi) is 1.77. The lowest BCUT2D eigenvalue weighted by molar-refractivity contribution is 0.201. The average Bonchev–Trinajstić information content (AvgIpc) is 1.60. The highest BCUT2D eigenvalue weighted by Crippen LogP contribution is 2.14. The van der Waals surface area contributed by atoms with Crippen molar-refractivity contribution in [2.45, 2.75) is 25.9 Å². The van der Waals surface area contributed by atoms with Gasteiger partial charge in [0.2, 0.25) is 0 Å². The van der Waals surface area contributed by atoms with Crippen molar-refractivity contribution in [3.8, 4) is 0 Å². The molecule has 3 nitrogen and oxygen atoms in total. The summed E-state index contributed by atoms with van der Waals surface area (Å²) in [6.45, 7) is 1.77. The van der Waals surface area contributed by atoms with Crippen LogP contribution in [0.2, 0.25) is 0 Å². The van der Waals surface area contributed by atoms with Crippen LogP contribution in [0.25, 0.3) is 0 Å². The van der Waals surface area contributed by atoms with Gasteiger partial charge in [-0.3, -0.25) is 4.18 Å². The van der Waals surface area contributed by atoms with Crippen LogP contribution in [0.1, 0.15) is 19.8 Å². The van der Waals surface area contributed by atoms with Crippen LogP contribution in [-0.2, 0) is 14.3 Å². The Bertz CT molecular complexity index is 182.